The summed E-state index contributed by atoms with van der Waals surface area (Å²) < 4.78 is 11.1. The van der Waals surface area contributed by atoms with E-state index in [1.54, 1.807) is 31.2 Å². The lowest BCUT2D eigenvalue weighted by Gasteiger charge is -2.12. The second kappa shape index (κ2) is 10.8. The SMILES string of the molecule is CCCOc1c(/C=N\NC(=O)Cc2cc(Cl)ccc2SC)cccc1OC. The topological polar surface area (TPSA) is 59.9 Å². The molecule has 0 unspecified atom stereocenters. The van der Waals surface area contributed by atoms with Crippen LogP contribution in [-0.2, 0) is 11.2 Å². The second-order valence-electron chi connectivity index (χ2n) is 5.65. The predicted molar refractivity (Wildman–Crippen MR) is 111 cm³/mol. The quantitative estimate of drug-likeness (QED) is 0.377. The Hall–Kier alpha value is -2.18. The van der Waals surface area contributed by atoms with Gasteiger partial charge in [-0.25, -0.2) is 5.43 Å². The normalized spacial score (nSPS) is 10.8. The number of benzene rings is 2. The summed E-state index contributed by atoms with van der Waals surface area (Å²) in [6.07, 6.45) is 4.59. The van der Waals surface area contributed by atoms with Gasteiger partial charge in [0.1, 0.15) is 0 Å². The molecule has 0 radical (unpaired) electrons. The molecule has 0 saturated heterocycles. The molecule has 0 bridgehead atoms. The van der Waals surface area contributed by atoms with Crippen LogP contribution in [0.15, 0.2) is 46.4 Å². The van der Waals surface area contributed by atoms with Crippen LogP contribution in [0.4, 0.5) is 0 Å². The van der Waals surface area contributed by atoms with E-state index in [1.807, 2.05) is 43.5 Å². The number of nitrogens with zero attached hydrogens (tertiary/aromatic N) is 1. The summed E-state index contributed by atoms with van der Waals surface area (Å²) in [4.78, 5) is 13.2. The van der Waals surface area contributed by atoms with E-state index >= 15 is 0 Å². The zero-order valence-electron chi connectivity index (χ0n) is 15.6. The van der Waals surface area contributed by atoms with Crippen molar-refractivity contribution in [1.29, 1.82) is 0 Å². The number of methoxy groups -OCH3 is 1. The second-order valence-corrected chi connectivity index (χ2v) is 6.94. The lowest BCUT2D eigenvalue weighted by Crippen LogP contribution is -2.20. The summed E-state index contributed by atoms with van der Waals surface area (Å²) in [5, 5.41) is 4.66. The highest BCUT2D eigenvalue weighted by Gasteiger charge is 2.10. The first-order chi connectivity index (χ1) is 13.1. The average Bonchev–Trinajstić information content (AvgIpc) is 2.66. The minimum atomic E-state index is -0.220. The molecule has 2 aromatic carbocycles. The van der Waals surface area contributed by atoms with Gasteiger partial charge in [0, 0.05) is 15.5 Å². The number of amides is 1. The van der Waals surface area contributed by atoms with Crippen molar-refractivity contribution in [2.75, 3.05) is 20.0 Å². The summed E-state index contributed by atoms with van der Waals surface area (Å²) >= 11 is 7.61. The summed E-state index contributed by atoms with van der Waals surface area (Å²) in [6, 6.07) is 11.0. The van der Waals surface area contributed by atoms with Gasteiger partial charge in [0.15, 0.2) is 11.5 Å². The molecule has 144 valence electrons. The van der Waals surface area contributed by atoms with Crippen LogP contribution in [0.1, 0.15) is 24.5 Å². The van der Waals surface area contributed by atoms with Crippen molar-refractivity contribution in [2.24, 2.45) is 5.10 Å². The molecule has 2 rings (SSSR count). The molecule has 0 spiro atoms. The van der Waals surface area contributed by atoms with Crippen molar-refractivity contribution in [3.8, 4) is 11.5 Å². The number of thioether (sulfide) groups is 1. The molecule has 27 heavy (non-hydrogen) atoms. The van der Waals surface area contributed by atoms with Crippen molar-refractivity contribution >= 4 is 35.5 Å². The Balaban J connectivity index is 2.07. The van der Waals surface area contributed by atoms with Gasteiger partial charge in [-0.3, -0.25) is 4.79 Å². The van der Waals surface area contributed by atoms with Crippen molar-refractivity contribution in [2.45, 2.75) is 24.7 Å². The Morgan fingerprint density at radius 2 is 2.15 bits per heavy atom. The standard InChI is InChI=1S/C20H23ClN2O3S/c1-4-10-26-20-14(6-5-7-17(20)25-2)13-22-23-19(24)12-15-11-16(21)8-9-18(15)27-3/h5-9,11,13H,4,10,12H2,1-3H3,(H,23,24)/b22-13-. The number of hydrogen-bond donors (Lipinski definition) is 1. The number of ether oxygens (including phenoxy) is 2. The van der Waals surface area contributed by atoms with E-state index in [2.05, 4.69) is 10.5 Å². The van der Waals surface area contributed by atoms with Crippen LogP contribution in [0.2, 0.25) is 5.02 Å². The van der Waals surface area contributed by atoms with Gasteiger partial charge >= 0.3 is 0 Å². The lowest BCUT2D eigenvalue weighted by atomic mass is 10.1. The van der Waals surface area contributed by atoms with Gasteiger partial charge in [0.2, 0.25) is 5.91 Å². The summed E-state index contributed by atoms with van der Waals surface area (Å²) in [7, 11) is 1.59. The first-order valence-corrected chi connectivity index (χ1v) is 10.1. The van der Waals surface area contributed by atoms with Crippen molar-refractivity contribution in [3.05, 3.63) is 52.5 Å². The maximum absolute atomic E-state index is 12.2. The van der Waals surface area contributed by atoms with Gasteiger partial charge < -0.3 is 9.47 Å². The molecule has 0 aliphatic heterocycles. The fourth-order valence-corrected chi connectivity index (χ4v) is 3.22. The third-order valence-corrected chi connectivity index (χ3v) is 4.74. The first-order valence-electron chi connectivity index (χ1n) is 8.53. The molecule has 0 aliphatic carbocycles. The molecule has 0 fully saturated rings. The fraction of sp³-hybridized carbons (Fsp3) is 0.300. The molecule has 0 heterocycles. The van der Waals surface area contributed by atoms with Crippen LogP contribution >= 0.6 is 23.4 Å². The van der Waals surface area contributed by atoms with E-state index in [9.17, 15) is 4.79 Å². The molecule has 0 atom stereocenters. The van der Waals surface area contributed by atoms with Crippen molar-refractivity contribution in [1.82, 2.24) is 5.43 Å². The largest absolute Gasteiger partial charge is 0.493 e. The number of nitrogens with one attached hydrogen (secondary N) is 1. The summed E-state index contributed by atoms with van der Waals surface area (Å²) in [5.74, 6) is 1.02. The number of halogens is 1. The maximum atomic E-state index is 12.2. The molecular weight excluding hydrogens is 384 g/mol. The average molecular weight is 407 g/mol. The third kappa shape index (κ3) is 6.19. The Kier molecular flexibility index (Phi) is 8.48. The highest BCUT2D eigenvalue weighted by Crippen LogP contribution is 2.30. The zero-order chi connectivity index (χ0) is 19.6. The molecule has 0 aliphatic rings. The number of carbonyl (C=O) groups is 1. The van der Waals surface area contributed by atoms with Crippen LogP contribution in [0.3, 0.4) is 0 Å². The molecule has 1 amide bonds. The van der Waals surface area contributed by atoms with Gasteiger partial charge in [-0.05, 0) is 48.6 Å². The Labute approximate surface area is 169 Å². The summed E-state index contributed by atoms with van der Waals surface area (Å²) in [5.41, 5.74) is 4.16. The minimum Gasteiger partial charge on any atom is -0.493 e. The zero-order valence-corrected chi connectivity index (χ0v) is 17.2. The van der Waals surface area contributed by atoms with Crippen molar-refractivity contribution in [3.63, 3.8) is 0 Å². The van der Waals surface area contributed by atoms with Crippen LogP contribution in [0, 0.1) is 0 Å². The molecule has 0 saturated carbocycles. The van der Waals surface area contributed by atoms with E-state index in [-0.39, 0.29) is 12.3 Å². The molecule has 5 nitrogen and oxygen atoms in total. The maximum Gasteiger partial charge on any atom is 0.244 e. The number of rotatable bonds is 9. The van der Waals surface area contributed by atoms with E-state index in [4.69, 9.17) is 21.1 Å². The smallest absolute Gasteiger partial charge is 0.244 e. The molecule has 1 N–H and O–H groups in total. The number of para-hydroxylation sites is 1. The van der Waals surface area contributed by atoms with Crippen LogP contribution in [-0.4, -0.2) is 32.1 Å². The van der Waals surface area contributed by atoms with E-state index in [0.29, 0.717) is 23.1 Å². The lowest BCUT2D eigenvalue weighted by molar-refractivity contribution is -0.120. The van der Waals surface area contributed by atoms with Gasteiger partial charge in [-0.2, -0.15) is 5.10 Å². The van der Waals surface area contributed by atoms with Gasteiger partial charge in [-0.1, -0.05) is 24.6 Å². The van der Waals surface area contributed by atoms with Crippen molar-refractivity contribution < 1.29 is 14.3 Å². The molecule has 2 aromatic rings. The van der Waals surface area contributed by atoms with E-state index < -0.39 is 0 Å². The minimum absolute atomic E-state index is 0.200. The molecule has 0 aromatic heterocycles. The highest BCUT2D eigenvalue weighted by molar-refractivity contribution is 7.98. The number of hydrogen-bond acceptors (Lipinski definition) is 5. The Bertz CT molecular complexity index is 812. The molecule has 7 heteroatoms. The highest BCUT2D eigenvalue weighted by atomic mass is 35.5. The van der Waals surface area contributed by atoms with Crippen LogP contribution < -0.4 is 14.9 Å². The van der Waals surface area contributed by atoms with E-state index in [0.717, 1.165) is 22.4 Å². The van der Waals surface area contributed by atoms with Gasteiger partial charge in [0.05, 0.1) is 26.4 Å². The van der Waals surface area contributed by atoms with Gasteiger partial charge in [-0.15, -0.1) is 11.8 Å². The first kappa shape index (κ1) is 21.1. The van der Waals surface area contributed by atoms with Gasteiger partial charge in [0.25, 0.3) is 0 Å². The Morgan fingerprint density at radius 1 is 1.33 bits per heavy atom. The number of hydrazone groups is 1. The van der Waals surface area contributed by atoms with Crippen LogP contribution in [0.5, 0.6) is 11.5 Å². The number of carbonyl (C=O) groups excluding carboxylic acids is 1. The summed E-state index contributed by atoms with van der Waals surface area (Å²) in [6.45, 7) is 2.60. The molecular formula is C20H23ClN2O3S. The van der Waals surface area contributed by atoms with E-state index in [1.165, 1.54) is 0 Å². The predicted octanol–water partition coefficient (Wildman–Crippen LogP) is 4.55. The fourth-order valence-electron chi connectivity index (χ4n) is 2.43. The Morgan fingerprint density at radius 3 is 2.85 bits per heavy atom. The monoisotopic (exact) mass is 406 g/mol. The van der Waals surface area contributed by atoms with Crippen LogP contribution in [0.25, 0.3) is 0 Å². The third-order valence-electron chi connectivity index (χ3n) is 3.67.